The van der Waals surface area contributed by atoms with Crippen LogP contribution in [0.5, 0.6) is 12.0 Å². The Bertz CT molecular complexity index is 475. The molecule has 1 aromatic rings. The van der Waals surface area contributed by atoms with Crippen LogP contribution in [-0.4, -0.2) is 58.9 Å². The lowest BCUT2D eigenvalue weighted by Crippen LogP contribution is -2.50. The fourth-order valence-corrected chi connectivity index (χ4v) is 1.83. The number of methoxy groups -OCH3 is 2. The fraction of sp³-hybridized carbons (Fsp3) is 0.600. The standard InChI is InChI=1S/C10H15N5O4/c1-18-8-12-7(13-9(14-8)19-2)15-4-3-10(11,5-15)6(16)17/h3-5,11H2,1-2H3,(H,16,17). The van der Waals surface area contributed by atoms with Crippen LogP contribution in [0.3, 0.4) is 0 Å². The number of aliphatic carboxylic acids is 1. The number of hydrogen-bond donors (Lipinski definition) is 2. The average Bonchev–Trinajstić information content (AvgIpc) is 2.82. The summed E-state index contributed by atoms with van der Waals surface area (Å²) in [6, 6.07) is 0.207. The maximum atomic E-state index is 11.1. The third-order valence-corrected chi connectivity index (χ3v) is 2.96. The summed E-state index contributed by atoms with van der Waals surface area (Å²) in [5, 5.41) is 9.08. The van der Waals surface area contributed by atoms with E-state index in [1.54, 1.807) is 4.90 Å². The van der Waals surface area contributed by atoms with Crippen molar-refractivity contribution < 1.29 is 19.4 Å². The number of hydrogen-bond acceptors (Lipinski definition) is 8. The van der Waals surface area contributed by atoms with Gasteiger partial charge in [-0.25, -0.2) is 0 Å². The predicted octanol–water partition coefficient (Wildman–Crippen LogP) is -1.12. The smallest absolute Gasteiger partial charge is 0.325 e. The van der Waals surface area contributed by atoms with Crippen molar-refractivity contribution in [2.24, 2.45) is 5.73 Å². The summed E-state index contributed by atoms with van der Waals surface area (Å²) >= 11 is 0. The van der Waals surface area contributed by atoms with Gasteiger partial charge >= 0.3 is 18.0 Å². The van der Waals surface area contributed by atoms with Gasteiger partial charge in [-0.15, -0.1) is 4.98 Å². The van der Waals surface area contributed by atoms with E-state index in [4.69, 9.17) is 20.3 Å². The molecule has 1 aliphatic heterocycles. The molecule has 0 saturated carbocycles. The molecule has 1 fully saturated rings. The predicted molar refractivity (Wildman–Crippen MR) is 64.3 cm³/mol. The second-order valence-corrected chi connectivity index (χ2v) is 4.24. The minimum absolute atomic E-state index is 0.103. The molecule has 0 aromatic carbocycles. The summed E-state index contributed by atoms with van der Waals surface area (Å²) in [4.78, 5) is 24.8. The molecule has 1 unspecified atom stereocenters. The Hall–Kier alpha value is -2.16. The Balaban J connectivity index is 2.26. The number of carbonyl (C=O) groups is 1. The highest BCUT2D eigenvalue weighted by molar-refractivity contribution is 5.80. The summed E-state index contributed by atoms with van der Waals surface area (Å²) in [5.41, 5.74) is 4.51. The molecule has 0 amide bonds. The van der Waals surface area contributed by atoms with E-state index in [9.17, 15) is 4.79 Å². The molecule has 9 heteroatoms. The number of ether oxygens (including phenoxy) is 2. The number of nitrogens with two attached hydrogens (primary N) is 1. The lowest BCUT2D eigenvalue weighted by atomic mass is 10.0. The van der Waals surface area contributed by atoms with Crippen molar-refractivity contribution in [3.05, 3.63) is 0 Å². The zero-order valence-corrected chi connectivity index (χ0v) is 10.7. The zero-order valence-electron chi connectivity index (χ0n) is 10.7. The van der Waals surface area contributed by atoms with Crippen LogP contribution in [0.25, 0.3) is 0 Å². The van der Waals surface area contributed by atoms with Crippen LogP contribution < -0.4 is 20.1 Å². The van der Waals surface area contributed by atoms with Crippen molar-refractivity contribution in [3.63, 3.8) is 0 Å². The molecular weight excluding hydrogens is 254 g/mol. The number of carboxylic acids is 1. The summed E-state index contributed by atoms with van der Waals surface area (Å²) in [6.07, 6.45) is 0.318. The SMILES string of the molecule is COc1nc(OC)nc(N2CCC(N)(C(=O)O)C2)n1. The summed E-state index contributed by atoms with van der Waals surface area (Å²) < 4.78 is 9.88. The number of rotatable bonds is 4. The Morgan fingerprint density at radius 3 is 2.32 bits per heavy atom. The minimum Gasteiger partial charge on any atom is -0.480 e. The second-order valence-electron chi connectivity index (χ2n) is 4.24. The van der Waals surface area contributed by atoms with Crippen LogP contribution in [-0.2, 0) is 4.79 Å². The van der Waals surface area contributed by atoms with Gasteiger partial charge in [-0.2, -0.15) is 9.97 Å². The number of carboxylic acid groups (broad SMARTS) is 1. The second kappa shape index (κ2) is 4.84. The van der Waals surface area contributed by atoms with Crippen LogP contribution in [0.4, 0.5) is 5.95 Å². The lowest BCUT2D eigenvalue weighted by Gasteiger charge is -2.20. The highest BCUT2D eigenvalue weighted by Gasteiger charge is 2.42. The van der Waals surface area contributed by atoms with Crippen LogP contribution in [0, 0.1) is 0 Å². The van der Waals surface area contributed by atoms with Gasteiger partial charge in [0.2, 0.25) is 5.95 Å². The third-order valence-electron chi connectivity index (χ3n) is 2.96. The van der Waals surface area contributed by atoms with Gasteiger partial charge in [0.05, 0.1) is 14.2 Å². The molecule has 1 aliphatic rings. The maximum absolute atomic E-state index is 11.1. The van der Waals surface area contributed by atoms with Gasteiger partial charge < -0.3 is 25.2 Å². The van der Waals surface area contributed by atoms with Crippen LogP contribution in [0.1, 0.15) is 6.42 Å². The Morgan fingerprint density at radius 1 is 1.32 bits per heavy atom. The molecule has 19 heavy (non-hydrogen) atoms. The first-order chi connectivity index (χ1) is 8.98. The van der Waals surface area contributed by atoms with Gasteiger partial charge in [-0.1, -0.05) is 0 Å². The van der Waals surface area contributed by atoms with E-state index >= 15 is 0 Å². The molecule has 1 atom stereocenters. The number of nitrogens with zero attached hydrogens (tertiary/aromatic N) is 4. The van der Waals surface area contributed by atoms with E-state index in [2.05, 4.69) is 15.0 Å². The molecule has 0 spiro atoms. The Morgan fingerprint density at radius 2 is 1.89 bits per heavy atom. The molecule has 2 heterocycles. The van der Waals surface area contributed by atoms with Gasteiger partial charge in [-0.3, -0.25) is 4.79 Å². The zero-order chi connectivity index (χ0) is 14.0. The van der Waals surface area contributed by atoms with E-state index in [0.717, 1.165) is 0 Å². The normalized spacial score (nSPS) is 22.4. The average molecular weight is 269 g/mol. The quantitative estimate of drug-likeness (QED) is 0.699. The highest BCUT2D eigenvalue weighted by Crippen LogP contribution is 2.24. The molecule has 0 radical (unpaired) electrons. The largest absolute Gasteiger partial charge is 0.480 e. The van der Waals surface area contributed by atoms with Gasteiger partial charge in [0.1, 0.15) is 5.54 Å². The first kappa shape index (κ1) is 13.3. The van der Waals surface area contributed by atoms with Gasteiger partial charge in [0, 0.05) is 13.1 Å². The van der Waals surface area contributed by atoms with Crippen molar-refractivity contribution >= 4 is 11.9 Å². The van der Waals surface area contributed by atoms with Crippen molar-refractivity contribution in [2.75, 3.05) is 32.2 Å². The first-order valence-electron chi connectivity index (χ1n) is 5.60. The van der Waals surface area contributed by atoms with Crippen molar-refractivity contribution in [1.29, 1.82) is 0 Å². The number of aromatic nitrogens is 3. The van der Waals surface area contributed by atoms with E-state index in [-0.39, 0.29) is 24.5 Å². The molecular formula is C10H15N5O4. The van der Waals surface area contributed by atoms with Crippen molar-refractivity contribution in [3.8, 4) is 12.0 Å². The molecule has 3 N–H and O–H groups in total. The minimum atomic E-state index is -1.28. The Labute approximate surface area is 109 Å². The molecule has 9 nitrogen and oxygen atoms in total. The third kappa shape index (κ3) is 2.50. The van der Waals surface area contributed by atoms with Gasteiger partial charge in [0.25, 0.3) is 0 Å². The first-order valence-corrected chi connectivity index (χ1v) is 5.60. The Kier molecular flexibility index (Phi) is 3.38. The summed E-state index contributed by atoms with van der Waals surface area (Å²) in [6.45, 7) is 0.567. The summed E-state index contributed by atoms with van der Waals surface area (Å²) in [7, 11) is 2.85. The lowest BCUT2D eigenvalue weighted by molar-refractivity contribution is -0.142. The molecule has 1 saturated heterocycles. The molecule has 0 aliphatic carbocycles. The topological polar surface area (TPSA) is 124 Å². The van der Waals surface area contributed by atoms with Crippen LogP contribution in [0.2, 0.25) is 0 Å². The molecule has 104 valence electrons. The maximum Gasteiger partial charge on any atom is 0.325 e. The van der Waals surface area contributed by atoms with Crippen LogP contribution >= 0.6 is 0 Å². The van der Waals surface area contributed by atoms with E-state index in [1.807, 2.05) is 0 Å². The summed E-state index contributed by atoms with van der Waals surface area (Å²) in [5.74, 6) is -0.750. The highest BCUT2D eigenvalue weighted by atomic mass is 16.5. The van der Waals surface area contributed by atoms with Crippen molar-refractivity contribution in [1.82, 2.24) is 15.0 Å². The molecule has 2 rings (SSSR count). The monoisotopic (exact) mass is 269 g/mol. The number of anilines is 1. The molecule has 0 bridgehead atoms. The van der Waals surface area contributed by atoms with Gasteiger partial charge in [-0.05, 0) is 6.42 Å². The van der Waals surface area contributed by atoms with E-state index in [0.29, 0.717) is 13.0 Å². The van der Waals surface area contributed by atoms with E-state index in [1.165, 1.54) is 14.2 Å². The van der Waals surface area contributed by atoms with Crippen molar-refractivity contribution in [2.45, 2.75) is 12.0 Å². The molecule has 1 aromatic heterocycles. The fourth-order valence-electron chi connectivity index (χ4n) is 1.83. The van der Waals surface area contributed by atoms with Gasteiger partial charge in [0.15, 0.2) is 0 Å². The van der Waals surface area contributed by atoms with E-state index < -0.39 is 11.5 Å². The van der Waals surface area contributed by atoms with Crippen LogP contribution in [0.15, 0.2) is 0 Å².